The van der Waals surface area contributed by atoms with Crippen molar-refractivity contribution < 1.29 is 9.53 Å². The molecule has 1 aliphatic heterocycles. The van der Waals surface area contributed by atoms with E-state index in [1.54, 1.807) is 6.92 Å². The summed E-state index contributed by atoms with van der Waals surface area (Å²) in [4.78, 5) is 13.8. The lowest BCUT2D eigenvalue weighted by Crippen LogP contribution is -2.36. The number of nitrogens with one attached hydrogen (secondary N) is 1. The number of benzene rings is 1. The van der Waals surface area contributed by atoms with Gasteiger partial charge < -0.3 is 15.0 Å². The van der Waals surface area contributed by atoms with Gasteiger partial charge in [-0.15, -0.1) is 0 Å². The largest absolute Gasteiger partial charge is 0.378 e. The summed E-state index contributed by atoms with van der Waals surface area (Å²) in [6, 6.07) is 6.43. The van der Waals surface area contributed by atoms with Gasteiger partial charge in [0.05, 0.1) is 24.6 Å². The summed E-state index contributed by atoms with van der Waals surface area (Å²) in [6.45, 7) is 11.4. The van der Waals surface area contributed by atoms with E-state index in [0.29, 0.717) is 0 Å². The number of morpholine rings is 1. The van der Waals surface area contributed by atoms with Gasteiger partial charge in [0.1, 0.15) is 0 Å². The molecule has 1 aliphatic rings. The van der Waals surface area contributed by atoms with Gasteiger partial charge in [-0.3, -0.25) is 4.79 Å². The fourth-order valence-corrected chi connectivity index (χ4v) is 2.53. The van der Waals surface area contributed by atoms with E-state index in [1.807, 2.05) is 0 Å². The number of amides is 1. The second kappa shape index (κ2) is 6.48. The first-order valence-corrected chi connectivity index (χ1v) is 7.69. The maximum atomic E-state index is 11.5. The second-order valence-corrected chi connectivity index (χ2v) is 6.25. The number of carbonyl (C=O) groups excluding carboxylic acids is 1. The highest BCUT2D eigenvalue weighted by Crippen LogP contribution is 2.34. The highest BCUT2D eigenvalue weighted by molar-refractivity contribution is 5.93. The number of ether oxygens (including phenoxy) is 1. The highest BCUT2D eigenvalue weighted by Gasteiger charge is 2.21. The summed E-state index contributed by atoms with van der Waals surface area (Å²) < 4.78 is 5.41. The molecule has 0 radical (unpaired) electrons. The van der Waals surface area contributed by atoms with Gasteiger partial charge in [0.25, 0.3) is 0 Å². The Morgan fingerprint density at radius 3 is 2.57 bits per heavy atom. The molecule has 0 atom stereocenters. The van der Waals surface area contributed by atoms with Gasteiger partial charge in [-0.1, -0.05) is 26.8 Å². The maximum absolute atomic E-state index is 11.5. The molecule has 21 heavy (non-hydrogen) atoms. The Bertz CT molecular complexity index is 506. The van der Waals surface area contributed by atoms with Crippen molar-refractivity contribution in [2.45, 2.75) is 39.5 Å². The molecule has 4 nitrogen and oxygen atoms in total. The quantitative estimate of drug-likeness (QED) is 0.926. The zero-order chi connectivity index (χ0) is 15.5. The van der Waals surface area contributed by atoms with Crippen molar-refractivity contribution >= 4 is 17.3 Å². The van der Waals surface area contributed by atoms with E-state index in [1.165, 1.54) is 5.56 Å². The maximum Gasteiger partial charge on any atom is 0.221 e. The molecule has 1 heterocycles. The number of hydrogen-bond acceptors (Lipinski definition) is 3. The standard InChI is InChI=1S/C17H26N2O2/c1-5-17(3,4)14-6-7-16(15(12-14)18-13(2)20)19-8-10-21-11-9-19/h6-7,12H,5,8-11H2,1-4H3,(H,18,20). The van der Waals surface area contributed by atoms with Crippen molar-refractivity contribution in [2.75, 3.05) is 36.5 Å². The van der Waals surface area contributed by atoms with Crippen LogP contribution in [-0.4, -0.2) is 32.2 Å². The molecule has 116 valence electrons. The van der Waals surface area contributed by atoms with Crippen molar-refractivity contribution in [3.8, 4) is 0 Å². The fraction of sp³-hybridized carbons (Fsp3) is 0.588. The van der Waals surface area contributed by atoms with E-state index < -0.39 is 0 Å². The minimum absolute atomic E-state index is 0.0315. The normalized spacial score (nSPS) is 15.9. The predicted molar refractivity (Wildman–Crippen MR) is 87.1 cm³/mol. The van der Waals surface area contributed by atoms with Crippen LogP contribution >= 0.6 is 0 Å². The van der Waals surface area contributed by atoms with E-state index in [0.717, 1.165) is 44.1 Å². The van der Waals surface area contributed by atoms with Crippen LogP contribution in [0.1, 0.15) is 39.7 Å². The third kappa shape index (κ3) is 3.76. The Balaban J connectivity index is 2.37. The van der Waals surface area contributed by atoms with Gasteiger partial charge in [0, 0.05) is 20.0 Å². The Labute approximate surface area is 127 Å². The van der Waals surface area contributed by atoms with Crippen molar-refractivity contribution in [3.63, 3.8) is 0 Å². The van der Waals surface area contributed by atoms with Gasteiger partial charge in [0.2, 0.25) is 5.91 Å². The molecule has 1 aromatic carbocycles. The molecule has 0 aliphatic carbocycles. The van der Waals surface area contributed by atoms with Crippen LogP contribution in [0.25, 0.3) is 0 Å². The van der Waals surface area contributed by atoms with Crippen LogP contribution in [0.15, 0.2) is 18.2 Å². The van der Waals surface area contributed by atoms with Crippen molar-refractivity contribution in [3.05, 3.63) is 23.8 Å². The molecule has 0 aromatic heterocycles. The molecule has 1 fully saturated rings. The molecule has 1 N–H and O–H groups in total. The minimum Gasteiger partial charge on any atom is -0.378 e. The van der Waals surface area contributed by atoms with E-state index in [-0.39, 0.29) is 11.3 Å². The fourth-order valence-electron chi connectivity index (χ4n) is 2.53. The second-order valence-electron chi connectivity index (χ2n) is 6.25. The van der Waals surface area contributed by atoms with Crippen LogP contribution < -0.4 is 10.2 Å². The SMILES string of the molecule is CCC(C)(C)c1ccc(N2CCOCC2)c(NC(C)=O)c1. The zero-order valence-corrected chi connectivity index (χ0v) is 13.5. The number of carbonyl (C=O) groups is 1. The summed E-state index contributed by atoms with van der Waals surface area (Å²) >= 11 is 0. The summed E-state index contributed by atoms with van der Waals surface area (Å²) in [6.07, 6.45) is 1.06. The highest BCUT2D eigenvalue weighted by atomic mass is 16.5. The van der Waals surface area contributed by atoms with E-state index >= 15 is 0 Å². The summed E-state index contributed by atoms with van der Waals surface area (Å²) in [5, 5.41) is 2.99. The van der Waals surface area contributed by atoms with Gasteiger partial charge in [-0.25, -0.2) is 0 Å². The Morgan fingerprint density at radius 2 is 2.00 bits per heavy atom. The molecule has 0 spiro atoms. The smallest absolute Gasteiger partial charge is 0.221 e. The lowest BCUT2D eigenvalue weighted by Gasteiger charge is -2.32. The lowest BCUT2D eigenvalue weighted by molar-refractivity contribution is -0.114. The predicted octanol–water partition coefficient (Wildman–Crippen LogP) is 3.17. The van der Waals surface area contributed by atoms with Crippen LogP contribution in [0.5, 0.6) is 0 Å². The minimum atomic E-state index is -0.0315. The van der Waals surface area contributed by atoms with Crippen LogP contribution in [-0.2, 0) is 14.9 Å². The molecule has 4 heteroatoms. The lowest BCUT2D eigenvalue weighted by atomic mass is 9.82. The Hall–Kier alpha value is -1.55. The third-order valence-electron chi connectivity index (χ3n) is 4.32. The summed E-state index contributed by atoms with van der Waals surface area (Å²) in [5.41, 5.74) is 3.36. The number of nitrogens with zero attached hydrogens (tertiary/aromatic N) is 1. The topological polar surface area (TPSA) is 41.6 Å². The van der Waals surface area contributed by atoms with Gasteiger partial charge >= 0.3 is 0 Å². The zero-order valence-electron chi connectivity index (χ0n) is 13.5. The summed E-state index contributed by atoms with van der Waals surface area (Å²) in [5.74, 6) is -0.0315. The number of rotatable bonds is 4. The Morgan fingerprint density at radius 1 is 1.33 bits per heavy atom. The monoisotopic (exact) mass is 290 g/mol. The molecule has 0 bridgehead atoms. The van der Waals surface area contributed by atoms with E-state index in [2.05, 4.69) is 49.2 Å². The van der Waals surface area contributed by atoms with E-state index in [9.17, 15) is 4.79 Å². The van der Waals surface area contributed by atoms with Gasteiger partial charge in [-0.05, 0) is 29.5 Å². The first-order chi connectivity index (χ1) is 9.94. The van der Waals surface area contributed by atoms with Crippen molar-refractivity contribution in [1.82, 2.24) is 0 Å². The first-order valence-electron chi connectivity index (χ1n) is 7.69. The first kappa shape index (κ1) is 15.8. The van der Waals surface area contributed by atoms with Gasteiger partial charge in [-0.2, -0.15) is 0 Å². The van der Waals surface area contributed by atoms with E-state index in [4.69, 9.17) is 4.74 Å². The van der Waals surface area contributed by atoms with Crippen LogP contribution in [0.3, 0.4) is 0 Å². The number of hydrogen-bond donors (Lipinski definition) is 1. The average Bonchev–Trinajstić information content (AvgIpc) is 2.47. The van der Waals surface area contributed by atoms with Crippen LogP contribution in [0.2, 0.25) is 0 Å². The molecule has 2 rings (SSSR count). The molecule has 0 unspecified atom stereocenters. The van der Waals surface area contributed by atoms with Crippen molar-refractivity contribution in [2.24, 2.45) is 0 Å². The van der Waals surface area contributed by atoms with Crippen LogP contribution in [0, 0.1) is 0 Å². The Kier molecular flexibility index (Phi) is 4.88. The average molecular weight is 290 g/mol. The summed E-state index contributed by atoms with van der Waals surface area (Å²) in [7, 11) is 0. The molecule has 1 amide bonds. The number of anilines is 2. The molecule has 1 saturated heterocycles. The van der Waals surface area contributed by atoms with Crippen molar-refractivity contribution in [1.29, 1.82) is 0 Å². The van der Waals surface area contributed by atoms with Gasteiger partial charge in [0.15, 0.2) is 0 Å². The van der Waals surface area contributed by atoms with Crippen LogP contribution in [0.4, 0.5) is 11.4 Å². The molecule has 1 aromatic rings. The molecule has 0 saturated carbocycles. The molecular weight excluding hydrogens is 264 g/mol. The molecular formula is C17H26N2O2. The third-order valence-corrected chi connectivity index (χ3v) is 4.32.